The third-order valence-corrected chi connectivity index (χ3v) is 2.81. The molecule has 0 aromatic heterocycles. The lowest BCUT2D eigenvalue weighted by Gasteiger charge is -2.23. The van der Waals surface area contributed by atoms with Crippen molar-refractivity contribution in [2.45, 2.75) is 13.0 Å². The number of phenolic OH excluding ortho intramolecular Hbond substituents is 1. The van der Waals surface area contributed by atoms with E-state index in [-0.39, 0.29) is 0 Å². The minimum absolute atomic E-state index is 0.414. The summed E-state index contributed by atoms with van der Waals surface area (Å²) in [6.45, 7) is 1.80. The van der Waals surface area contributed by atoms with Crippen LogP contribution in [0.25, 0.3) is 0 Å². The Morgan fingerprint density at radius 3 is 3.08 bits per heavy atom. The van der Waals surface area contributed by atoms with Crippen LogP contribution >= 0.6 is 16.1 Å². The molecule has 1 aromatic carbocycles. The Hall–Kier alpha value is -0.540. The summed E-state index contributed by atoms with van der Waals surface area (Å²) in [7, 11) is 0. The summed E-state index contributed by atoms with van der Waals surface area (Å²) in [5.74, 6) is 0.414. The number of hydrogen-bond donors (Lipinski definition) is 1. The molecule has 64 valence electrons. The van der Waals surface area contributed by atoms with E-state index >= 15 is 0 Å². The maximum Gasteiger partial charge on any atom is 0.120 e. The van der Waals surface area contributed by atoms with Gasteiger partial charge in [0.1, 0.15) is 5.75 Å². The smallest absolute Gasteiger partial charge is 0.120 e. The summed E-state index contributed by atoms with van der Waals surface area (Å²) in [5, 5.41) is 9.53. The van der Waals surface area contributed by atoms with Crippen molar-refractivity contribution in [1.82, 2.24) is 3.93 Å². The summed E-state index contributed by atoms with van der Waals surface area (Å²) in [4.78, 5) is 0. The number of fused-ring (bicyclic) bond motifs is 1. The Labute approximate surface area is 80.2 Å². The first-order valence-corrected chi connectivity index (χ1v) is 4.69. The van der Waals surface area contributed by atoms with Crippen LogP contribution in [-0.2, 0) is 13.0 Å². The largest absolute Gasteiger partial charge is 0.508 e. The van der Waals surface area contributed by atoms with Gasteiger partial charge in [-0.25, -0.2) is 3.93 Å². The number of benzene rings is 1. The van der Waals surface area contributed by atoms with Crippen molar-refractivity contribution in [2.75, 3.05) is 6.54 Å². The lowest BCUT2D eigenvalue weighted by molar-refractivity contribution is 0.420. The molecule has 1 aromatic rings. The zero-order valence-corrected chi connectivity index (χ0v) is 8.21. The predicted molar refractivity (Wildman–Crippen MR) is 51.1 cm³/mol. The average Bonchev–Trinajstić information content (AvgIpc) is 2.07. The fourth-order valence-corrected chi connectivity index (χ4v) is 1.96. The molecule has 1 heterocycles. The van der Waals surface area contributed by atoms with Gasteiger partial charge in [0.05, 0.1) is 0 Å². The molecule has 0 bridgehead atoms. The second kappa shape index (κ2) is 3.07. The lowest BCUT2D eigenvalue weighted by Crippen LogP contribution is -2.21. The van der Waals surface area contributed by atoms with Gasteiger partial charge in [0.25, 0.3) is 0 Å². The van der Waals surface area contributed by atoms with Crippen molar-refractivity contribution in [3.05, 3.63) is 29.3 Å². The third kappa shape index (κ3) is 1.34. The van der Waals surface area contributed by atoms with Crippen molar-refractivity contribution in [3.63, 3.8) is 0 Å². The number of nitrogens with zero attached hydrogens (tertiary/aromatic N) is 1. The topological polar surface area (TPSA) is 23.5 Å². The molecule has 12 heavy (non-hydrogen) atoms. The van der Waals surface area contributed by atoms with Gasteiger partial charge < -0.3 is 5.11 Å². The summed E-state index contributed by atoms with van der Waals surface area (Å²) >= 11 is 3.41. The summed E-state index contributed by atoms with van der Waals surface area (Å²) in [6.07, 6.45) is 1.01. The van der Waals surface area contributed by atoms with Crippen LogP contribution in [0.15, 0.2) is 18.2 Å². The summed E-state index contributed by atoms with van der Waals surface area (Å²) in [6, 6.07) is 5.72. The van der Waals surface area contributed by atoms with Crippen LogP contribution in [0.5, 0.6) is 5.75 Å². The van der Waals surface area contributed by atoms with E-state index in [9.17, 15) is 5.11 Å². The number of aromatic hydroxyl groups is 1. The molecule has 0 saturated heterocycles. The molecule has 2 rings (SSSR count). The Bertz CT molecular complexity index is 301. The zero-order valence-electron chi connectivity index (χ0n) is 6.63. The summed E-state index contributed by atoms with van der Waals surface area (Å²) in [5.41, 5.74) is 2.33. The van der Waals surface area contributed by atoms with Crippen LogP contribution in [-0.4, -0.2) is 15.6 Å². The van der Waals surface area contributed by atoms with Crippen molar-refractivity contribution in [1.29, 1.82) is 0 Å². The van der Waals surface area contributed by atoms with E-state index in [0.29, 0.717) is 5.75 Å². The average molecular weight is 228 g/mol. The highest BCUT2D eigenvalue weighted by atomic mass is 79.9. The standard InChI is InChI=1S/C9H10BrNO/c10-11-5-4-7-2-1-3-9(12)8(7)6-11/h1-3,12H,4-6H2. The van der Waals surface area contributed by atoms with Crippen LogP contribution in [0.3, 0.4) is 0 Å². The van der Waals surface area contributed by atoms with Crippen molar-refractivity contribution < 1.29 is 5.11 Å². The maximum absolute atomic E-state index is 9.53. The number of halogens is 1. The highest BCUT2D eigenvalue weighted by Gasteiger charge is 2.16. The van der Waals surface area contributed by atoms with Gasteiger partial charge in [-0.15, -0.1) is 0 Å². The van der Waals surface area contributed by atoms with Gasteiger partial charge in [0, 0.05) is 34.8 Å². The predicted octanol–water partition coefficient (Wildman–Crippen LogP) is 2.06. The van der Waals surface area contributed by atoms with Crippen LogP contribution in [0, 0.1) is 0 Å². The minimum atomic E-state index is 0.414. The van der Waals surface area contributed by atoms with E-state index in [1.807, 2.05) is 9.99 Å². The highest BCUT2D eigenvalue weighted by molar-refractivity contribution is 9.07. The molecule has 2 nitrogen and oxygen atoms in total. The monoisotopic (exact) mass is 227 g/mol. The third-order valence-electron chi connectivity index (χ3n) is 2.20. The first kappa shape index (κ1) is 8.08. The van der Waals surface area contributed by atoms with Crippen LogP contribution < -0.4 is 0 Å². The van der Waals surface area contributed by atoms with Gasteiger partial charge in [-0.2, -0.15) is 0 Å². The zero-order chi connectivity index (χ0) is 8.55. The van der Waals surface area contributed by atoms with Crippen molar-refractivity contribution in [3.8, 4) is 5.75 Å². The molecule has 0 aliphatic carbocycles. The quantitative estimate of drug-likeness (QED) is 0.687. The van der Waals surface area contributed by atoms with Crippen molar-refractivity contribution in [2.24, 2.45) is 0 Å². The fourth-order valence-electron chi connectivity index (χ4n) is 1.53. The number of rotatable bonds is 0. The van der Waals surface area contributed by atoms with E-state index in [2.05, 4.69) is 22.2 Å². The van der Waals surface area contributed by atoms with Crippen LogP contribution in [0.4, 0.5) is 0 Å². The highest BCUT2D eigenvalue weighted by Crippen LogP contribution is 2.27. The molecule has 0 fully saturated rings. The molecular formula is C9H10BrNO. The first-order chi connectivity index (χ1) is 5.77. The summed E-state index contributed by atoms with van der Waals surface area (Å²) < 4.78 is 2.04. The van der Waals surface area contributed by atoms with E-state index in [4.69, 9.17) is 0 Å². The Morgan fingerprint density at radius 1 is 1.42 bits per heavy atom. The molecule has 0 spiro atoms. The molecule has 3 heteroatoms. The van der Waals surface area contributed by atoms with Gasteiger partial charge in [-0.3, -0.25) is 0 Å². The van der Waals surface area contributed by atoms with E-state index in [1.165, 1.54) is 5.56 Å². The molecule has 1 aliphatic heterocycles. The van der Waals surface area contributed by atoms with Crippen LogP contribution in [0.2, 0.25) is 0 Å². The van der Waals surface area contributed by atoms with Gasteiger partial charge in [0.2, 0.25) is 0 Å². The molecule has 0 radical (unpaired) electrons. The maximum atomic E-state index is 9.53. The lowest BCUT2D eigenvalue weighted by atomic mass is 10.0. The number of phenols is 1. The van der Waals surface area contributed by atoms with Gasteiger partial charge in [-0.1, -0.05) is 12.1 Å². The van der Waals surface area contributed by atoms with E-state index < -0.39 is 0 Å². The van der Waals surface area contributed by atoms with Crippen molar-refractivity contribution >= 4 is 16.1 Å². The Kier molecular flexibility index (Phi) is 2.07. The number of hydrogen-bond acceptors (Lipinski definition) is 2. The Morgan fingerprint density at radius 2 is 2.25 bits per heavy atom. The van der Waals surface area contributed by atoms with E-state index in [1.54, 1.807) is 6.07 Å². The van der Waals surface area contributed by atoms with Gasteiger partial charge in [0.15, 0.2) is 0 Å². The SMILES string of the molecule is Oc1cccc2c1CN(Br)CC2. The Balaban J connectivity index is 2.43. The molecule has 0 atom stereocenters. The second-order valence-corrected chi connectivity index (χ2v) is 4.01. The molecule has 1 aliphatic rings. The fraction of sp³-hybridized carbons (Fsp3) is 0.333. The van der Waals surface area contributed by atoms with Crippen LogP contribution in [0.1, 0.15) is 11.1 Å². The second-order valence-electron chi connectivity index (χ2n) is 3.01. The van der Waals surface area contributed by atoms with E-state index in [0.717, 1.165) is 25.1 Å². The van der Waals surface area contributed by atoms with Gasteiger partial charge >= 0.3 is 0 Å². The molecule has 0 saturated carbocycles. The molecule has 0 unspecified atom stereocenters. The van der Waals surface area contributed by atoms with Gasteiger partial charge in [-0.05, 0) is 18.1 Å². The molecule has 0 amide bonds. The normalized spacial score (nSPS) is 17.4. The molecule has 1 N–H and O–H groups in total. The molecular weight excluding hydrogens is 218 g/mol. The first-order valence-electron chi connectivity index (χ1n) is 3.98. The minimum Gasteiger partial charge on any atom is -0.508 e.